The molecule has 0 heterocycles. The van der Waals surface area contributed by atoms with Gasteiger partial charge in [0.1, 0.15) is 5.75 Å². The predicted molar refractivity (Wildman–Crippen MR) is 83.0 cm³/mol. The zero-order valence-electron chi connectivity index (χ0n) is 10.7. The van der Waals surface area contributed by atoms with E-state index in [0.717, 1.165) is 22.3 Å². The Balaban J connectivity index is 2.30. The van der Waals surface area contributed by atoms with Crippen LogP contribution in [0.15, 0.2) is 30.3 Å². The molecule has 0 saturated heterocycles. The molecule has 1 nitrogen and oxygen atoms in total. The number of hydrogen-bond donors (Lipinski definition) is 1. The Morgan fingerprint density at radius 3 is 2.00 bits per heavy atom. The van der Waals surface area contributed by atoms with E-state index >= 15 is 0 Å². The Bertz CT molecular complexity index is 622. The summed E-state index contributed by atoms with van der Waals surface area (Å²) in [6, 6.07) is 9.38. The molecule has 1 N–H and O–H groups in total. The number of aromatic hydroxyl groups is 1. The van der Waals surface area contributed by atoms with Gasteiger partial charge in [0.15, 0.2) is 0 Å². The van der Waals surface area contributed by atoms with E-state index in [-0.39, 0.29) is 0 Å². The molecular formula is C16H14Cl2O. The molecule has 0 bridgehead atoms. The van der Waals surface area contributed by atoms with Gasteiger partial charge in [-0.25, -0.2) is 0 Å². The molecular weight excluding hydrogens is 279 g/mol. The van der Waals surface area contributed by atoms with Gasteiger partial charge in [-0.2, -0.15) is 0 Å². The fraction of sp³-hybridized carbons (Fsp3) is 0.125. The lowest BCUT2D eigenvalue weighted by molar-refractivity contribution is 0.467. The summed E-state index contributed by atoms with van der Waals surface area (Å²) in [6.07, 6.45) is 3.95. The summed E-state index contributed by atoms with van der Waals surface area (Å²) in [5.41, 5.74) is 3.76. The number of aryl methyl sites for hydroxylation is 2. The average Bonchev–Trinajstić information content (AvgIpc) is 2.37. The summed E-state index contributed by atoms with van der Waals surface area (Å²) in [7, 11) is 0. The first kappa shape index (κ1) is 14.0. The summed E-state index contributed by atoms with van der Waals surface area (Å²) in [6.45, 7) is 3.78. The highest BCUT2D eigenvalue weighted by Crippen LogP contribution is 2.25. The minimum absolute atomic E-state index is 0.353. The van der Waals surface area contributed by atoms with Crippen LogP contribution in [0.2, 0.25) is 10.0 Å². The second-order valence-corrected chi connectivity index (χ2v) is 5.32. The molecule has 3 heteroatoms. The molecule has 0 aliphatic heterocycles. The molecule has 2 rings (SSSR count). The molecule has 0 spiro atoms. The van der Waals surface area contributed by atoms with Gasteiger partial charge < -0.3 is 5.11 Å². The highest BCUT2D eigenvalue weighted by molar-refractivity contribution is 6.42. The van der Waals surface area contributed by atoms with Crippen LogP contribution >= 0.6 is 23.2 Å². The smallest absolute Gasteiger partial charge is 0.121 e. The highest BCUT2D eigenvalue weighted by Gasteiger charge is 2.01. The standard InChI is InChI=1S/C16H14Cl2O/c1-10-7-13(8-11(2)16(10)19)4-3-12-5-6-14(17)15(18)9-12/h3-9,19H,1-2H3. The van der Waals surface area contributed by atoms with Crippen LogP contribution in [-0.4, -0.2) is 5.11 Å². The van der Waals surface area contributed by atoms with Crippen molar-refractivity contribution < 1.29 is 5.11 Å². The zero-order valence-corrected chi connectivity index (χ0v) is 12.3. The van der Waals surface area contributed by atoms with Crippen molar-refractivity contribution in [2.45, 2.75) is 13.8 Å². The summed E-state index contributed by atoms with van der Waals surface area (Å²) < 4.78 is 0. The fourth-order valence-corrected chi connectivity index (χ4v) is 2.20. The fourth-order valence-electron chi connectivity index (χ4n) is 1.89. The van der Waals surface area contributed by atoms with Crippen molar-refractivity contribution in [3.63, 3.8) is 0 Å². The number of halogens is 2. The van der Waals surface area contributed by atoms with Crippen molar-refractivity contribution >= 4 is 35.4 Å². The van der Waals surface area contributed by atoms with Gasteiger partial charge in [-0.15, -0.1) is 0 Å². The van der Waals surface area contributed by atoms with E-state index in [1.165, 1.54) is 0 Å². The number of rotatable bonds is 2. The van der Waals surface area contributed by atoms with Crippen LogP contribution in [-0.2, 0) is 0 Å². The van der Waals surface area contributed by atoms with E-state index in [1.807, 2.05) is 50.3 Å². The second kappa shape index (κ2) is 5.68. The van der Waals surface area contributed by atoms with Crippen LogP contribution in [0.25, 0.3) is 12.2 Å². The molecule has 0 aliphatic carbocycles. The summed E-state index contributed by atoms with van der Waals surface area (Å²) in [4.78, 5) is 0. The van der Waals surface area contributed by atoms with Gasteiger partial charge >= 0.3 is 0 Å². The van der Waals surface area contributed by atoms with Crippen LogP contribution in [0, 0.1) is 13.8 Å². The van der Waals surface area contributed by atoms with Crippen molar-refractivity contribution in [2.24, 2.45) is 0 Å². The van der Waals surface area contributed by atoms with Crippen molar-refractivity contribution in [1.29, 1.82) is 0 Å². The van der Waals surface area contributed by atoms with Gasteiger partial charge in [0.25, 0.3) is 0 Å². The van der Waals surface area contributed by atoms with Gasteiger partial charge in [-0.1, -0.05) is 41.4 Å². The molecule has 0 amide bonds. The monoisotopic (exact) mass is 292 g/mol. The molecule has 2 aromatic rings. The summed E-state index contributed by atoms with van der Waals surface area (Å²) >= 11 is 11.8. The van der Waals surface area contributed by atoms with Gasteiger partial charge in [0, 0.05) is 0 Å². The molecule has 19 heavy (non-hydrogen) atoms. The number of phenols is 1. The molecule has 0 aliphatic rings. The van der Waals surface area contributed by atoms with E-state index in [4.69, 9.17) is 23.2 Å². The molecule has 0 unspecified atom stereocenters. The third-order valence-electron chi connectivity index (χ3n) is 2.93. The Labute approximate surface area is 123 Å². The SMILES string of the molecule is Cc1cc(C=Cc2ccc(Cl)c(Cl)c2)cc(C)c1O. The minimum Gasteiger partial charge on any atom is -0.507 e. The highest BCUT2D eigenvalue weighted by atomic mass is 35.5. The lowest BCUT2D eigenvalue weighted by Crippen LogP contribution is -1.83. The Morgan fingerprint density at radius 1 is 0.842 bits per heavy atom. The molecule has 0 saturated carbocycles. The number of benzene rings is 2. The van der Waals surface area contributed by atoms with E-state index in [0.29, 0.717) is 15.8 Å². The summed E-state index contributed by atoms with van der Waals surface area (Å²) in [5, 5.41) is 10.8. The van der Waals surface area contributed by atoms with Gasteiger partial charge in [-0.3, -0.25) is 0 Å². The molecule has 0 atom stereocenters. The Kier molecular flexibility index (Phi) is 4.18. The number of phenolic OH excluding ortho intramolecular Hbond substituents is 1. The normalized spacial score (nSPS) is 11.2. The molecule has 98 valence electrons. The lowest BCUT2D eigenvalue weighted by Gasteiger charge is -2.04. The summed E-state index contributed by atoms with van der Waals surface area (Å²) in [5.74, 6) is 0.353. The van der Waals surface area contributed by atoms with Crippen molar-refractivity contribution in [3.8, 4) is 5.75 Å². The Hall–Kier alpha value is -1.44. The molecule has 0 radical (unpaired) electrons. The van der Waals surface area contributed by atoms with Crippen LogP contribution in [0.5, 0.6) is 5.75 Å². The lowest BCUT2D eigenvalue weighted by atomic mass is 10.0. The first-order valence-corrected chi connectivity index (χ1v) is 6.66. The zero-order chi connectivity index (χ0) is 14.0. The predicted octanol–water partition coefficient (Wildman–Crippen LogP) is 5.49. The molecule has 0 aromatic heterocycles. The van der Waals surface area contributed by atoms with E-state index in [1.54, 1.807) is 6.07 Å². The first-order valence-electron chi connectivity index (χ1n) is 5.90. The first-order chi connectivity index (χ1) is 8.97. The number of hydrogen-bond acceptors (Lipinski definition) is 1. The molecule has 2 aromatic carbocycles. The van der Waals surface area contributed by atoms with Gasteiger partial charge in [0.2, 0.25) is 0 Å². The largest absolute Gasteiger partial charge is 0.507 e. The van der Waals surface area contributed by atoms with Crippen molar-refractivity contribution in [2.75, 3.05) is 0 Å². The molecule has 0 fully saturated rings. The maximum absolute atomic E-state index is 9.73. The van der Waals surface area contributed by atoms with Gasteiger partial charge in [-0.05, 0) is 60.4 Å². The van der Waals surface area contributed by atoms with Crippen LogP contribution in [0.1, 0.15) is 22.3 Å². The van der Waals surface area contributed by atoms with Crippen LogP contribution in [0.3, 0.4) is 0 Å². The third-order valence-corrected chi connectivity index (χ3v) is 3.66. The van der Waals surface area contributed by atoms with E-state index < -0.39 is 0 Å². The quantitative estimate of drug-likeness (QED) is 0.726. The van der Waals surface area contributed by atoms with Crippen LogP contribution in [0.4, 0.5) is 0 Å². The minimum atomic E-state index is 0.353. The maximum atomic E-state index is 9.73. The van der Waals surface area contributed by atoms with Gasteiger partial charge in [0.05, 0.1) is 10.0 Å². The average molecular weight is 293 g/mol. The van der Waals surface area contributed by atoms with Crippen molar-refractivity contribution in [1.82, 2.24) is 0 Å². The third kappa shape index (κ3) is 3.31. The van der Waals surface area contributed by atoms with E-state index in [9.17, 15) is 5.11 Å². The second-order valence-electron chi connectivity index (χ2n) is 4.51. The van der Waals surface area contributed by atoms with Crippen LogP contribution < -0.4 is 0 Å². The van der Waals surface area contributed by atoms with Crippen molar-refractivity contribution in [3.05, 3.63) is 62.6 Å². The maximum Gasteiger partial charge on any atom is 0.121 e. The Morgan fingerprint density at radius 2 is 1.42 bits per heavy atom. The van der Waals surface area contributed by atoms with E-state index in [2.05, 4.69) is 0 Å². The topological polar surface area (TPSA) is 20.2 Å².